The van der Waals surface area contributed by atoms with Crippen LogP contribution in [0.15, 0.2) is 36.9 Å². The Hall–Kier alpha value is -3.66. The summed E-state index contributed by atoms with van der Waals surface area (Å²) in [6, 6.07) is 8.43. The highest BCUT2D eigenvalue weighted by Gasteiger charge is 2.34. The van der Waals surface area contributed by atoms with Gasteiger partial charge in [-0.25, -0.2) is 19.9 Å². The number of fused-ring (bicyclic) bond motifs is 2. The number of piperidine rings is 1. The molecule has 6 rings (SSSR count). The number of imidazole rings is 2. The highest BCUT2D eigenvalue weighted by Crippen LogP contribution is 2.32. The van der Waals surface area contributed by atoms with E-state index in [0.29, 0.717) is 11.7 Å². The summed E-state index contributed by atoms with van der Waals surface area (Å²) in [4.78, 5) is 31.4. The first-order valence-corrected chi connectivity index (χ1v) is 12.1. The Labute approximate surface area is 198 Å². The van der Waals surface area contributed by atoms with Gasteiger partial charge in [-0.05, 0) is 43.7 Å². The number of aromatic nitrogens is 6. The van der Waals surface area contributed by atoms with Crippen molar-refractivity contribution in [3.8, 4) is 0 Å². The molecule has 0 unspecified atom stereocenters. The summed E-state index contributed by atoms with van der Waals surface area (Å²) in [5.74, 6) is 1.81. The van der Waals surface area contributed by atoms with E-state index in [1.54, 1.807) is 12.7 Å². The SMILES string of the molecule is CCN1CCC(N(c2ccc(N)cc2)c2nc3nc[nH]c3c(N3CCc4nc[nH]c4C3)[nH+]2)CC1. The molecule has 2 aliphatic rings. The van der Waals surface area contributed by atoms with Crippen molar-refractivity contribution in [2.24, 2.45) is 0 Å². The van der Waals surface area contributed by atoms with Crippen LogP contribution in [-0.2, 0) is 13.0 Å². The third-order valence-corrected chi connectivity index (χ3v) is 7.16. The summed E-state index contributed by atoms with van der Waals surface area (Å²) in [5.41, 5.74) is 11.8. The normalized spacial score (nSPS) is 17.3. The summed E-state index contributed by atoms with van der Waals surface area (Å²) >= 11 is 0. The Bertz CT molecular complexity index is 1270. The van der Waals surface area contributed by atoms with Gasteiger partial charge in [0.05, 0.1) is 48.9 Å². The van der Waals surface area contributed by atoms with Crippen molar-refractivity contribution < 1.29 is 4.98 Å². The first kappa shape index (κ1) is 20.9. The van der Waals surface area contributed by atoms with Gasteiger partial charge in [0.2, 0.25) is 11.5 Å². The van der Waals surface area contributed by atoms with Gasteiger partial charge in [-0.2, -0.15) is 0 Å². The predicted octanol–water partition coefficient (Wildman–Crippen LogP) is 2.26. The van der Waals surface area contributed by atoms with Crippen LogP contribution in [0.2, 0.25) is 0 Å². The average Bonchev–Trinajstić information content (AvgIpc) is 3.54. The van der Waals surface area contributed by atoms with E-state index in [1.807, 2.05) is 12.1 Å². The largest absolute Gasteiger partial charge is 0.399 e. The highest BCUT2D eigenvalue weighted by molar-refractivity contribution is 5.82. The molecule has 0 bridgehead atoms. The molecule has 34 heavy (non-hydrogen) atoms. The molecule has 176 valence electrons. The third kappa shape index (κ3) is 3.73. The van der Waals surface area contributed by atoms with E-state index in [4.69, 9.17) is 10.7 Å². The van der Waals surface area contributed by atoms with E-state index in [9.17, 15) is 0 Å². The van der Waals surface area contributed by atoms with Crippen LogP contribution in [0.25, 0.3) is 11.2 Å². The van der Waals surface area contributed by atoms with Crippen LogP contribution < -0.4 is 20.5 Å². The molecule has 0 saturated carbocycles. The van der Waals surface area contributed by atoms with Crippen LogP contribution in [0.3, 0.4) is 0 Å². The topological polar surface area (TPSA) is 120 Å². The van der Waals surface area contributed by atoms with Crippen molar-refractivity contribution in [2.45, 2.75) is 38.8 Å². The zero-order chi connectivity index (χ0) is 23.1. The molecule has 0 aliphatic carbocycles. The molecular weight excluding hydrogens is 428 g/mol. The van der Waals surface area contributed by atoms with E-state index >= 15 is 0 Å². The number of hydrogen-bond donors (Lipinski definition) is 3. The first-order chi connectivity index (χ1) is 16.7. The second-order valence-electron chi connectivity index (χ2n) is 9.14. The maximum absolute atomic E-state index is 6.01. The Morgan fingerprint density at radius 3 is 2.68 bits per heavy atom. The van der Waals surface area contributed by atoms with Crippen LogP contribution in [0.5, 0.6) is 0 Å². The standard InChI is InChI=1S/C24H30N10/c1-2-32-10-7-18(8-11-32)34(17-5-3-16(25)4-6-17)24-30-22-21(28-15-29-22)23(31-24)33-12-9-19-20(13-33)27-14-26-19/h3-6,14-15,18H,2,7-13,25H2,1H3,(H,26,27)(H,28,29,30,31)/p+1. The molecule has 1 fully saturated rings. The molecular formula is C24H31N10+. The highest BCUT2D eigenvalue weighted by atomic mass is 15.3. The van der Waals surface area contributed by atoms with Crippen molar-refractivity contribution >= 4 is 34.3 Å². The van der Waals surface area contributed by atoms with Gasteiger partial charge >= 0.3 is 5.95 Å². The number of nitrogens with one attached hydrogen (secondary N) is 3. The Morgan fingerprint density at radius 1 is 1.09 bits per heavy atom. The molecule has 10 heteroatoms. The lowest BCUT2D eigenvalue weighted by Crippen LogP contribution is -2.45. The van der Waals surface area contributed by atoms with Crippen LogP contribution in [0, 0.1) is 0 Å². The summed E-state index contributed by atoms with van der Waals surface area (Å²) in [7, 11) is 0. The lowest BCUT2D eigenvalue weighted by Gasteiger charge is -2.35. The summed E-state index contributed by atoms with van der Waals surface area (Å²) in [6.07, 6.45) is 6.55. The number of nitrogens with zero attached hydrogens (tertiary/aromatic N) is 6. The van der Waals surface area contributed by atoms with Gasteiger partial charge in [-0.15, -0.1) is 0 Å². The van der Waals surface area contributed by atoms with Crippen LogP contribution >= 0.6 is 0 Å². The van der Waals surface area contributed by atoms with Gasteiger partial charge in [0, 0.05) is 25.2 Å². The van der Waals surface area contributed by atoms with Gasteiger partial charge < -0.3 is 25.5 Å². The van der Waals surface area contributed by atoms with Crippen molar-refractivity contribution in [3.63, 3.8) is 0 Å². The number of nitrogens with two attached hydrogens (primary N) is 1. The number of rotatable bonds is 5. The minimum absolute atomic E-state index is 0.333. The quantitative estimate of drug-likeness (QED) is 0.392. The molecule has 3 aromatic heterocycles. The van der Waals surface area contributed by atoms with E-state index in [1.165, 1.54) is 0 Å². The Kier molecular flexibility index (Phi) is 5.29. The molecule has 0 atom stereocenters. The minimum Gasteiger partial charge on any atom is -0.399 e. The number of aromatic amines is 3. The lowest BCUT2D eigenvalue weighted by atomic mass is 10.0. The molecule has 5 heterocycles. The van der Waals surface area contributed by atoms with E-state index < -0.39 is 0 Å². The summed E-state index contributed by atoms with van der Waals surface area (Å²) < 4.78 is 0. The van der Waals surface area contributed by atoms with Crippen molar-refractivity contribution in [1.82, 2.24) is 29.8 Å². The molecule has 0 spiro atoms. The molecule has 10 nitrogen and oxygen atoms in total. The van der Waals surface area contributed by atoms with Gasteiger partial charge in [-0.3, -0.25) is 0 Å². The number of likely N-dealkylation sites (tertiary alicyclic amines) is 1. The van der Waals surface area contributed by atoms with Crippen LogP contribution in [0.4, 0.5) is 23.1 Å². The van der Waals surface area contributed by atoms with Gasteiger partial charge in [-0.1, -0.05) is 11.9 Å². The number of benzene rings is 1. The lowest BCUT2D eigenvalue weighted by molar-refractivity contribution is -0.352. The van der Waals surface area contributed by atoms with Crippen LogP contribution in [0.1, 0.15) is 31.2 Å². The number of hydrogen-bond acceptors (Lipinski definition) is 7. The fourth-order valence-electron chi connectivity index (χ4n) is 5.23. The van der Waals surface area contributed by atoms with E-state index in [0.717, 1.165) is 92.0 Å². The second kappa shape index (κ2) is 8.60. The third-order valence-electron chi connectivity index (χ3n) is 7.16. The second-order valence-corrected chi connectivity index (χ2v) is 9.14. The maximum atomic E-state index is 6.01. The molecule has 0 radical (unpaired) electrons. The van der Waals surface area contributed by atoms with Gasteiger partial charge in [0.1, 0.15) is 0 Å². The van der Waals surface area contributed by atoms with Crippen molar-refractivity contribution in [1.29, 1.82) is 0 Å². The van der Waals surface area contributed by atoms with E-state index in [2.05, 4.69) is 58.7 Å². The summed E-state index contributed by atoms with van der Waals surface area (Å²) in [6.45, 7) is 7.13. The number of nitrogen functional groups attached to an aromatic ring is 1. The fourth-order valence-corrected chi connectivity index (χ4v) is 5.23. The van der Waals surface area contributed by atoms with Gasteiger partial charge in [0.25, 0.3) is 0 Å². The van der Waals surface area contributed by atoms with Crippen LogP contribution in [-0.4, -0.2) is 62.0 Å². The molecule has 1 saturated heterocycles. The Morgan fingerprint density at radius 2 is 1.88 bits per heavy atom. The van der Waals surface area contributed by atoms with Crippen molar-refractivity contribution in [3.05, 3.63) is 48.3 Å². The van der Waals surface area contributed by atoms with E-state index in [-0.39, 0.29) is 0 Å². The molecule has 5 N–H and O–H groups in total. The number of H-pyrrole nitrogens is 3. The first-order valence-electron chi connectivity index (χ1n) is 12.1. The molecule has 2 aliphatic heterocycles. The summed E-state index contributed by atoms with van der Waals surface area (Å²) in [5, 5.41) is 0. The zero-order valence-corrected chi connectivity index (χ0v) is 19.5. The molecule has 4 aromatic rings. The predicted molar refractivity (Wildman–Crippen MR) is 132 cm³/mol. The smallest absolute Gasteiger partial charge is 0.354 e. The van der Waals surface area contributed by atoms with Gasteiger partial charge in [0.15, 0.2) is 5.52 Å². The van der Waals surface area contributed by atoms with Crippen molar-refractivity contribution in [2.75, 3.05) is 41.7 Å². The average molecular weight is 460 g/mol. The molecule has 1 aromatic carbocycles. The zero-order valence-electron chi connectivity index (χ0n) is 19.5. The Balaban J connectivity index is 1.42. The molecule has 0 amide bonds. The number of anilines is 4. The monoisotopic (exact) mass is 459 g/mol. The minimum atomic E-state index is 0.333. The fraction of sp³-hybridized carbons (Fsp3) is 0.417. The maximum Gasteiger partial charge on any atom is 0.354 e.